The summed E-state index contributed by atoms with van der Waals surface area (Å²) >= 11 is 0. The van der Waals surface area contributed by atoms with Gasteiger partial charge in [0, 0.05) is 25.2 Å². The molecule has 2 fully saturated rings. The van der Waals surface area contributed by atoms with Crippen LogP contribution in [0.5, 0.6) is 0 Å². The second kappa shape index (κ2) is 4.17. The zero-order valence-electron chi connectivity index (χ0n) is 8.54. The minimum absolute atomic E-state index is 0.0878. The highest BCUT2D eigenvalue weighted by Gasteiger charge is 2.25. The molecule has 0 radical (unpaired) electrons. The molecule has 4 heteroatoms. The maximum Gasteiger partial charge on any atom is 0.317 e. The van der Waals surface area contributed by atoms with E-state index in [1.165, 1.54) is 12.8 Å². The van der Waals surface area contributed by atoms with E-state index in [0.29, 0.717) is 6.04 Å². The van der Waals surface area contributed by atoms with E-state index >= 15 is 0 Å². The van der Waals surface area contributed by atoms with Crippen LogP contribution in [0.25, 0.3) is 0 Å². The highest BCUT2D eigenvalue weighted by molar-refractivity contribution is 5.74. The number of urea groups is 1. The maximum atomic E-state index is 11.7. The van der Waals surface area contributed by atoms with Crippen molar-refractivity contribution in [1.29, 1.82) is 0 Å². The van der Waals surface area contributed by atoms with Gasteiger partial charge >= 0.3 is 6.03 Å². The summed E-state index contributed by atoms with van der Waals surface area (Å²) in [6.45, 7) is 1.54. The number of nitrogens with one attached hydrogen (secondary N) is 1. The summed E-state index contributed by atoms with van der Waals surface area (Å²) in [6.07, 6.45) is 5.74. The molecule has 0 aromatic rings. The van der Waals surface area contributed by atoms with E-state index in [2.05, 4.69) is 5.32 Å². The Bertz CT molecular complexity index is 213. The minimum Gasteiger partial charge on any atom is -0.335 e. The lowest BCUT2D eigenvalue weighted by atomic mass is 10.2. The first-order valence-electron chi connectivity index (χ1n) is 5.57. The van der Waals surface area contributed by atoms with Gasteiger partial charge in [-0.15, -0.1) is 0 Å². The predicted molar refractivity (Wildman–Crippen MR) is 55.0 cm³/mol. The molecule has 2 amide bonds. The first kappa shape index (κ1) is 9.77. The van der Waals surface area contributed by atoms with Crippen LogP contribution in [-0.2, 0) is 0 Å². The number of hydrogen-bond donors (Lipinski definition) is 2. The fraction of sp³-hybridized carbons (Fsp3) is 0.900. The third kappa shape index (κ3) is 2.18. The number of hydrogen-bond acceptors (Lipinski definition) is 2. The summed E-state index contributed by atoms with van der Waals surface area (Å²) in [5, 5.41) is 3.07. The van der Waals surface area contributed by atoms with Gasteiger partial charge in [0.1, 0.15) is 0 Å². The van der Waals surface area contributed by atoms with Crippen molar-refractivity contribution in [2.75, 3.05) is 13.1 Å². The van der Waals surface area contributed by atoms with Crippen LogP contribution in [0.2, 0.25) is 0 Å². The van der Waals surface area contributed by atoms with Gasteiger partial charge in [-0.1, -0.05) is 12.8 Å². The van der Waals surface area contributed by atoms with Crippen molar-refractivity contribution >= 4 is 6.03 Å². The van der Waals surface area contributed by atoms with E-state index in [-0.39, 0.29) is 12.1 Å². The molecule has 0 aromatic carbocycles. The van der Waals surface area contributed by atoms with Crippen LogP contribution in [-0.4, -0.2) is 36.1 Å². The predicted octanol–water partition coefficient (Wildman–Crippen LogP) is 0.672. The molecule has 1 aliphatic heterocycles. The molecule has 14 heavy (non-hydrogen) atoms. The third-order valence-corrected chi connectivity index (χ3v) is 3.19. The number of amides is 2. The van der Waals surface area contributed by atoms with Crippen LogP contribution in [0.15, 0.2) is 0 Å². The Hall–Kier alpha value is -0.770. The van der Waals surface area contributed by atoms with Crippen molar-refractivity contribution in [2.24, 2.45) is 5.73 Å². The van der Waals surface area contributed by atoms with Crippen molar-refractivity contribution in [3.05, 3.63) is 0 Å². The number of carbonyl (C=O) groups is 1. The van der Waals surface area contributed by atoms with Crippen LogP contribution in [0.4, 0.5) is 4.79 Å². The zero-order chi connectivity index (χ0) is 9.97. The molecular formula is C10H19N3O. The Kier molecular flexibility index (Phi) is 2.91. The molecule has 3 N–H and O–H groups in total. The fourth-order valence-electron chi connectivity index (χ4n) is 2.31. The van der Waals surface area contributed by atoms with Gasteiger partial charge in [-0.3, -0.25) is 0 Å². The molecule has 0 unspecified atom stereocenters. The van der Waals surface area contributed by atoms with Crippen molar-refractivity contribution in [1.82, 2.24) is 10.2 Å². The summed E-state index contributed by atoms with van der Waals surface area (Å²) in [5.41, 5.74) is 5.75. The largest absolute Gasteiger partial charge is 0.335 e. The monoisotopic (exact) mass is 197 g/mol. The normalized spacial score (nSPS) is 28.4. The number of carbonyl (C=O) groups excluding carboxylic acids is 1. The molecule has 0 spiro atoms. The summed E-state index contributed by atoms with van der Waals surface area (Å²) < 4.78 is 0. The summed E-state index contributed by atoms with van der Waals surface area (Å²) in [7, 11) is 0. The molecule has 4 nitrogen and oxygen atoms in total. The number of nitrogens with zero attached hydrogens (tertiary/aromatic N) is 1. The van der Waals surface area contributed by atoms with E-state index in [1.54, 1.807) is 0 Å². The van der Waals surface area contributed by atoms with Gasteiger partial charge in [0.25, 0.3) is 0 Å². The molecule has 1 heterocycles. The second-order valence-electron chi connectivity index (χ2n) is 4.43. The first-order valence-corrected chi connectivity index (χ1v) is 5.57. The summed E-state index contributed by atoms with van der Waals surface area (Å²) in [4.78, 5) is 13.5. The van der Waals surface area contributed by atoms with E-state index in [4.69, 9.17) is 5.73 Å². The zero-order valence-corrected chi connectivity index (χ0v) is 8.54. The maximum absolute atomic E-state index is 11.7. The van der Waals surface area contributed by atoms with Crippen molar-refractivity contribution < 1.29 is 4.79 Å². The molecule has 1 saturated heterocycles. The second-order valence-corrected chi connectivity index (χ2v) is 4.43. The van der Waals surface area contributed by atoms with E-state index in [1.807, 2.05) is 4.90 Å². The highest BCUT2D eigenvalue weighted by Crippen LogP contribution is 2.18. The average molecular weight is 197 g/mol. The SMILES string of the molecule is N[C@H]1CCN(C(=O)NC2CCCC2)C1. The quantitative estimate of drug-likeness (QED) is 0.649. The van der Waals surface area contributed by atoms with Gasteiger partial charge < -0.3 is 16.0 Å². The van der Waals surface area contributed by atoms with Crippen LogP contribution >= 0.6 is 0 Å². The van der Waals surface area contributed by atoms with Gasteiger partial charge in [-0.05, 0) is 19.3 Å². The molecule has 0 bridgehead atoms. The van der Waals surface area contributed by atoms with Gasteiger partial charge in [0.15, 0.2) is 0 Å². The molecule has 0 aromatic heterocycles. The Labute approximate surface area is 84.8 Å². The number of rotatable bonds is 1. The average Bonchev–Trinajstić information content (AvgIpc) is 2.75. The Morgan fingerprint density at radius 1 is 1.29 bits per heavy atom. The van der Waals surface area contributed by atoms with Gasteiger partial charge in [0.2, 0.25) is 0 Å². The number of likely N-dealkylation sites (tertiary alicyclic amines) is 1. The molecule has 1 aliphatic carbocycles. The lowest BCUT2D eigenvalue weighted by Crippen LogP contribution is -2.43. The van der Waals surface area contributed by atoms with Crippen molar-refractivity contribution in [3.8, 4) is 0 Å². The topological polar surface area (TPSA) is 58.4 Å². The first-order chi connectivity index (χ1) is 6.75. The van der Waals surface area contributed by atoms with Crippen molar-refractivity contribution in [3.63, 3.8) is 0 Å². The smallest absolute Gasteiger partial charge is 0.317 e. The van der Waals surface area contributed by atoms with Gasteiger partial charge in [-0.2, -0.15) is 0 Å². The van der Waals surface area contributed by atoms with E-state index in [0.717, 1.165) is 32.4 Å². The molecule has 2 aliphatic rings. The Morgan fingerprint density at radius 3 is 2.57 bits per heavy atom. The fourth-order valence-corrected chi connectivity index (χ4v) is 2.31. The summed E-state index contributed by atoms with van der Waals surface area (Å²) in [5.74, 6) is 0. The van der Waals surface area contributed by atoms with Crippen LogP contribution in [0.3, 0.4) is 0 Å². The van der Waals surface area contributed by atoms with Crippen LogP contribution in [0.1, 0.15) is 32.1 Å². The standard InChI is InChI=1S/C10H19N3O/c11-8-5-6-13(7-8)10(14)12-9-3-1-2-4-9/h8-9H,1-7,11H2,(H,12,14)/t8-/m0/s1. The molecule has 1 atom stereocenters. The van der Waals surface area contributed by atoms with Crippen LogP contribution < -0.4 is 11.1 Å². The minimum atomic E-state index is 0.0878. The van der Waals surface area contributed by atoms with E-state index < -0.39 is 0 Å². The van der Waals surface area contributed by atoms with Gasteiger partial charge in [-0.25, -0.2) is 4.79 Å². The lowest BCUT2D eigenvalue weighted by molar-refractivity contribution is 0.204. The lowest BCUT2D eigenvalue weighted by Gasteiger charge is -2.20. The molecule has 80 valence electrons. The number of nitrogens with two attached hydrogens (primary N) is 1. The van der Waals surface area contributed by atoms with Crippen molar-refractivity contribution in [2.45, 2.75) is 44.2 Å². The molecule has 2 rings (SSSR count). The van der Waals surface area contributed by atoms with Gasteiger partial charge in [0.05, 0.1) is 0 Å². The van der Waals surface area contributed by atoms with Crippen LogP contribution in [0, 0.1) is 0 Å². The molecular weight excluding hydrogens is 178 g/mol. The molecule has 1 saturated carbocycles. The Morgan fingerprint density at radius 2 is 2.00 bits per heavy atom. The summed E-state index contributed by atoms with van der Waals surface area (Å²) in [6, 6.07) is 0.688. The highest BCUT2D eigenvalue weighted by atomic mass is 16.2. The Balaban J connectivity index is 1.77. The third-order valence-electron chi connectivity index (χ3n) is 3.19. The van der Waals surface area contributed by atoms with E-state index in [9.17, 15) is 4.79 Å².